The highest BCUT2D eigenvalue weighted by Crippen LogP contribution is 2.27. The zero-order valence-electron chi connectivity index (χ0n) is 15.2. The third kappa shape index (κ3) is 3.63. The Hall–Kier alpha value is -2.26. The van der Waals surface area contributed by atoms with E-state index in [-0.39, 0.29) is 12.4 Å². The van der Waals surface area contributed by atoms with E-state index in [9.17, 15) is 0 Å². The molecule has 0 fully saturated rings. The van der Waals surface area contributed by atoms with Gasteiger partial charge in [-0.1, -0.05) is 30.3 Å². The van der Waals surface area contributed by atoms with Gasteiger partial charge in [0.25, 0.3) is 5.82 Å². The van der Waals surface area contributed by atoms with Gasteiger partial charge in [0.1, 0.15) is 17.6 Å². The average molecular weight is 370 g/mol. The number of fused-ring (bicyclic) bond motifs is 1. The van der Waals surface area contributed by atoms with Gasteiger partial charge in [0.05, 0.1) is 13.2 Å². The summed E-state index contributed by atoms with van der Waals surface area (Å²) in [5.41, 5.74) is 3.73. The van der Waals surface area contributed by atoms with Crippen LogP contribution in [0.5, 0.6) is 5.75 Å². The van der Waals surface area contributed by atoms with E-state index in [4.69, 9.17) is 4.74 Å². The highest BCUT2D eigenvalue weighted by molar-refractivity contribution is 5.85. The normalized spacial score (nSPS) is 13.4. The predicted molar refractivity (Wildman–Crippen MR) is 107 cm³/mol. The van der Waals surface area contributed by atoms with Crippen LogP contribution in [0.15, 0.2) is 60.8 Å². The molecule has 1 aromatic heterocycles. The molecule has 0 atom stereocenters. The standard InChI is InChI=1S/C22H25N2O.ClH/c1-2-25-20-14-12-19(13-15-20)24-21(18-9-5-3-6-10-18)17-23-16-8-4-7-11-22(23)24;/h3,5-6,9-10,12-15,17H,2,4,7-8,11,16H2,1H3;1H/q+1;. The van der Waals surface area contributed by atoms with Gasteiger partial charge in [-0.2, -0.15) is 4.57 Å². The van der Waals surface area contributed by atoms with Crippen LogP contribution in [0.4, 0.5) is 0 Å². The molecule has 2 heterocycles. The molecule has 0 radical (unpaired) electrons. The Balaban J connectivity index is 0.00000196. The maximum Gasteiger partial charge on any atom is 0.262 e. The number of hydrogen-bond acceptors (Lipinski definition) is 1. The van der Waals surface area contributed by atoms with Crippen LogP contribution in [0.2, 0.25) is 0 Å². The van der Waals surface area contributed by atoms with Crippen LogP contribution in [0, 0.1) is 0 Å². The van der Waals surface area contributed by atoms with E-state index in [0.717, 1.165) is 18.7 Å². The Morgan fingerprint density at radius 2 is 1.73 bits per heavy atom. The van der Waals surface area contributed by atoms with Crippen LogP contribution in [0.3, 0.4) is 0 Å². The van der Waals surface area contributed by atoms with E-state index in [1.807, 2.05) is 6.92 Å². The molecule has 0 N–H and O–H groups in total. The van der Waals surface area contributed by atoms with Gasteiger partial charge in [-0.15, -0.1) is 12.4 Å². The molecule has 0 bridgehead atoms. The van der Waals surface area contributed by atoms with Gasteiger partial charge < -0.3 is 4.74 Å². The molecule has 0 amide bonds. The summed E-state index contributed by atoms with van der Waals surface area (Å²) < 4.78 is 10.5. The minimum atomic E-state index is 0. The van der Waals surface area contributed by atoms with Gasteiger partial charge in [0.15, 0.2) is 5.69 Å². The topological polar surface area (TPSA) is 18.0 Å². The highest BCUT2D eigenvalue weighted by atomic mass is 35.5. The fourth-order valence-corrected chi connectivity index (χ4v) is 3.70. The number of halogens is 1. The van der Waals surface area contributed by atoms with Crippen LogP contribution in [0.1, 0.15) is 32.0 Å². The molecule has 4 rings (SSSR count). The van der Waals surface area contributed by atoms with Crippen molar-refractivity contribution in [3.63, 3.8) is 0 Å². The molecule has 3 aromatic rings. The van der Waals surface area contributed by atoms with E-state index in [1.54, 1.807) is 0 Å². The monoisotopic (exact) mass is 369 g/mol. The molecule has 3 nitrogen and oxygen atoms in total. The second-order valence-corrected chi connectivity index (χ2v) is 6.56. The third-order valence-electron chi connectivity index (χ3n) is 4.88. The van der Waals surface area contributed by atoms with E-state index in [2.05, 4.69) is 69.9 Å². The number of benzene rings is 2. The quantitative estimate of drug-likeness (QED) is 0.593. The zero-order chi connectivity index (χ0) is 17.1. The van der Waals surface area contributed by atoms with Gasteiger partial charge in [-0.05, 0) is 50.5 Å². The first-order valence-electron chi connectivity index (χ1n) is 9.29. The maximum atomic E-state index is 5.61. The fraction of sp³-hybridized carbons (Fsp3) is 0.318. The molecule has 0 spiro atoms. The van der Waals surface area contributed by atoms with Crippen molar-refractivity contribution in [3.8, 4) is 22.7 Å². The molecule has 136 valence electrons. The second-order valence-electron chi connectivity index (χ2n) is 6.56. The van der Waals surface area contributed by atoms with E-state index >= 15 is 0 Å². The summed E-state index contributed by atoms with van der Waals surface area (Å²) in [6.45, 7) is 3.83. The Morgan fingerprint density at radius 3 is 2.46 bits per heavy atom. The minimum Gasteiger partial charge on any atom is -0.494 e. The largest absolute Gasteiger partial charge is 0.494 e. The van der Waals surface area contributed by atoms with Crippen molar-refractivity contribution in [2.24, 2.45) is 0 Å². The van der Waals surface area contributed by atoms with E-state index in [1.165, 1.54) is 42.0 Å². The van der Waals surface area contributed by atoms with Crippen molar-refractivity contribution in [2.75, 3.05) is 6.61 Å². The predicted octanol–water partition coefficient (Wildman–Crippen LogP) is 4.98. The zero-order valence-corrected chi connectivity index (χ0v) is 16.0. The Bertz CT molecular complexity index is 841. The molecule has 0 aliphatic carbocycles. The highest BCUT2D eigenvalue weighted by Gasteiger charge is 2.26. The summed E-state index contributed by atoms with van der Waals surface area (Å²) in [6.07, 6.45) is 7.28. The molecule has 0 saturated heterocycles. The van der Waals surface area contributed by atoms with Crippen LogP contribution in [-0.2, 0) is 13.0 Å². The van der Waals surface area contributed by atoms with Crippen LogP contribution >= 0.6 is 12.4 Å². The number of aryl methyl sites for hydroxylation is 1. The number of nitrogens with zero attached hydrogens (tertiary/aromatic N) is 2. The van der Waals surface area contributed by atoms with Crippen LogP contribution in [0.25, 0.3) is 16.9 Å². The van der Waals surface area contributed by atoms with Crippen molar-refractivity contribution in [3.05, 3.63) is 66.6 Å². The summed E-state index contributed by atoms with van der Waals surface area (Å²) in [4.78, 5) is 0. The first kappa shape index (κ1) is 18.5. The average Bonchev–Trinajstić information content (AvgIpc) is 2.86. The van der Waals surface area contributed by atoms with Crippen molar-refractivity contribution in [2.45, 2.75) is 39.2 Å². The summed E-state index contributed by atoms with van der Waals surface area (Å²) in [5, 5.41) is 0. The fourth-order valence-electron chi connectivity index (χ4n) is 3.70. The van der Waals surface area contributed by atoms with Crippen LogP contribution in [-0.4, -0.2) is 11.2 Å². The molecule has 4 heteroatoms. The molecule has 0 unspecified atom stereocenters. The summed E-state index contributed by atoms with van der Waals surface area (Å²) in [7, 11) is 0. The third-order valence-corrected chi connectivity index (χ3v) is 4.88. The molecule has 0 saturated carbocycles. The first-order chi connectivity index (χ1) is 12.4. The molecular formula is C22H26ClN2O+. The van der Waals surface area contributed by atoms with Gasteiger partial charge in [0.2, 0.25) is 0 Å². The van der Waals surface area contributed by atoms with Gasteiger partial charge in [0, 0.05) is 12.0 Å². The maximum absolute atomic E-state index is 5.61. The lowest BCUT2D eigenvalue weighted by atomic mass is 10.1. The Kier molecular flexibility index (Phi) is 6.00. The smallest absolute Gasteiger partial charge is 0.262 e. The van der Waals surface area contributed by atoms with Crippen molar-refractivity contribution < 1.29 is 9.30 Å². The Morgan fingerprint density at radius 1 is 0.962 bits per heavy atom. The molecule has 26 heavy (non-hydrogen) atoms. The summed E-state index contributed by atoms with van der Waals surface area (Å²) in [5.74, 6) is 2.33. The summed E-state index contributed by atoms with van der Waals surface area (Å²) in [6, 6.07) is 19.2. The van der Waals surface area contributed by atoms with Gasteiger partial charge in [-0.3, -0.25) is 0 Å². The molecule has 1 aliphatic rings. The lowest BCUT2D eigenvalue weighted by Gasteiger charge is -2.07. The number of hydrogen-bond donors (Lipinski definition) is 0. The van der Waals surface area contributed by atoms with E-state index in [0.29, 0.717) is 6.61 Å². The van der Waals surface area contributed by atoms with Crippen molar-refractivity contribution in [1.82, 2.24) is 4.57 Å². The van der Waals surface area contributed by atoms with Crippen molar-refractivity contribution in [1.29, 1.82) is 0 Å². The lowest BCUT2D eigenvalue weighted by molar-refractivity contribution is -0.702. The first-order valence-corrected chi connectivity index (χ1v) is 9.29. The van der Waals surface area contributed by atoms with E-state index < -0.39 is 0 Å². The molecule has 2 aromatic carbocycles. The number of rotatable bonds is 4. The minimum absolute atomic E-state index is 0. The Labute approximate surface area is 161 Å². The summed E-state index contributed by atoms with van der Waals surface area (Å²) >= 11 is 0. The second kappa shape index (κ2) is 8.41. The molecular weight excluding hydrogens is 344 g/mol. The van der Waals surface area contributed by atoms with Crippen molar-refractivity contribution >= 4 is 12.4 Å². The molecule has 1 aliphatic heterocycles. The number of imidazole rings is 1. The van der Waals surface area contributed by atoms with Gasteiger partial charge in [-0.25, -0.2) is 4.57 Å². The van der Waals surface area contributed by atoms with Gasteiger partial charge >= 0.3 is 0 Å². The lowest BCUT2D eigenvalue weighted by Crippen LogP contribution is -2.35. The number of ether oxygens (including phenoxy) is 1. The number of aromatic nitrogens is 2. The SMILES string of the molecule is CCOc1ccc(-n2c(-c3ccccc3)c[n+]3c2CCCCC3)cc1.Cl. The van der Waals surface area contributed by atoms with Crippen LogP contribution < -0.4 is 9.30 Å².